The number of hydrogen-bond acceptors (Lipinski definition) is 3. The number of nitrogens with zero attached hydrogens (tertiary/aromatic N) is 1. The fraction of sp³-hybridized carbons (Fsp3) is 0.312. The van der Waals surface area contributed by atoms with Gasteiger partial charge in [0, 0.05) is 28.5 Å². The largest absolute Gasteiger partial charge is 0.338 e. The molecule has 112 valence electrons. The van der Waals surface area contributed by atoms with E-state index in [2.05, 4.69) is 6.07 Å². The van der Waals surface area contributed by atoms with Crippen molar-refractivity contribution >= 4 is 40.6 Å². The molecule has 2 aromatic rings. The Morgan fingerprint density at radius 1 is 1.29 bits per heavy atom. The van der Waals surface area contributed by atoms with E-state index in [1.807, 2.05) is 47.5 Å². The molecule has 0 saturated carbocycles. The van der Waals surface area contributed by atoms with Gasteiger partial charge in [-0.05, 0) is 30.5 Å². The van der Waals surface area contributed by atoms with Gasteiger partial charge in [-0.25, -0.2) is 0 Å². The first-order chi connectivity index (χ1) is 10.2. The van der Waals surface area contributed by atoms with E-state index < -0.39 is 0 Å². The first kappa shape index (κ1) is 16.4. The minimum atomic E-state index is 0.199. The average molecular weight is 340 g/mol. The number of carbonyl (C=O) groups excluding carboxylic acids is 1. The molecule has 1 aromatic heterocycles. The van der Waals surface area contributed by atoms with Gasteiger partial charge in [-0.1, -0.05) is 29.8 Å². The third kappa shape index (κ3) is 5.06. The SMILES string of the molecule is CCN(Cc1cccs1)C(=O)CCSc1ccccc1Cl. The highest BCUT2D eigenvalue weighted by Crippen LogP contribution is 2.27. The number of thiophene rings is 1. The summed E-state index contributed by atoms with van der Waals surface area (Å²) in [6, 6.07) is 11.8. The lowest BCUT2D eigenvalue weighted by molar-refractivity contribution is -0.131. The van der Waals surface area contributed by atoms with Crippen molar-refractivity contribution in [3.8, 4) is 0 Å². The molecular formula is C16H18ClNOS2. The van der Waals surface area contributed by atoms with Gasteiger partial charge in [0.1, 0.15) is 0 Å². The molecule has 21 heavy (non-hydrogen) atoms. The lowest BCUT2D eigenvalue weighted by atomic mass is 10.3. The topological polar surface area (TPSA) is 20.3 Å². The van der Waals surface area contributed by atoms with Gasteiger partial charge >= 0.3 is 0 Å². The monoisotopic (exact) mass is 339 g/mol. The molecule has 0 fully saturated rings. The normalized spacial score (nSPS) is 10.6. The number of rotatable bonds is 7. The van der Waals surface area contributed by atoms with Crippen molar-refractivity contribution in [1.82, 2.24) is 4.90 Å². The van der Waals surface area contributed by atoms with E-state index in [1.165, 1.54) is 4.88 Å². The molecular weight excluding hydrogens is 322 g/mol. The predicted molar refractivity (Wildman–Crippen MR) is 92.2 cm³/mol. The highest BCUT2D eigenvalue weighted by molar-refractivity contribution is 7.99. The molecule has 0 aliphatic rings. The van der Waals surface area contributed by atoms with Gasteiger partial charge in [0.25, 0.3) is 0 Å². The fourth-order valence-electron chi connectivity index (χ4n) is 1.94. The molecule has 0 saturated heterocycles. The number of amides is 1. The molecule has 0 aliphatic heterocycles. The van der Waals surface area contributed by atoms with Crippen LogP contribution in [-0.4, -0.2) is 23.1 Å². The van der Waals surface area contributed by atoms with Crippen LogP contribution in [0.2, 0.25) is 5.02 Å². The van der Waals surface area contributed by atoms with E-state index >= 15 is 0 Å². The molecule has 2 rings (SSSR count). The lowest BCUT2D eigenvalue weighted by Crippen LogP contribution is -2.30. The second-order valence-electron chi connectivity index (χ2n) is 4.52. The highest BCUT2D eigenvalue weighted by Gasteiger charge is 2.12. The highest BCUT2D eigenvalue weighted by atomic mass is 35.5. The molecule has 0 aliphatic carbocycles. The number of benzene rings is 1. The molecule has 1 amide bonds. The molecule has 1 heterocycles. The molecule has 0 bridgehead atoms. The van der Waals surface area contributed by atoms with Crippen LogP contribution in [0.4, 0.5) is 0 Å². The van der Waals surface area contributed by atoms with Gasteiger partial charge in [0.05, 0.1) is 11.6 Å². The molecule has 0 unspecified atom stereocenters. The minimum absolute atomic E-state index is 0.199. The van der Waals surface area contributed by atoms with Crippen LogP contribution in [0.3, 0.4) is 0 Å². The van der Waals surface area contributed by atoms with E-state index in [0.29, 0.717) is 13.0 Å². The summed E-state index contributed by atoms with van der Waals surface area (Å²) in [4.78, 5) is 16.4. The molecule has 0 spiro atoms. The molecule has 1 aromatic carbocycles. The van der Waals surface area contributed by atoms with Gasteiger partial charge in [-0.3, -0.25) is 4.79 Å². The zero-order valence-corrected chi connectivity index (χ0v) is 14.3. The number of halogens is 1. The fourth-order valence-corrected chi connectivity index (χ4v) is 3.83. The van der Waals surface area contributed by atoms with Crippen molar-refractivity contribution in [3.05, 3.63) is 51.7 Å². The van der Waals surface area contributed by atoms with Crippen LogP contribution in [0.25, 0.3) is 0 Å². The lowest BCUT2D eigenvalue weighted by Gasteiger charge is -2.20. The Labute approximate surface area is 139 Å². The third-order valence-electron chi connectivity index (χ3n) is 3.07. The predicted octanol–water partition coefficient (Wildman–Crippen LogP) is 4.93. The Balaban J connectivity index is 1.81. The van der Waals surface area contributed by atoms with E-state index in [-0.39, 0.29) is 5.91 Å². The summed E-state index contributed by atoms with van der Waals surface area (Å²) in [5, 5.41) is 2.79. The number of thioether (sulfide) groups is 1. The van der Waals surface area contributed by atoms with Crippen LogP contribution in [0.5, 0.6) is 0 Å². The van der Waals surface area contributed by atoms with Crippen molar-refractivity contribution in [1.29, 1.82) is 0 Å². The number of hydrogen-bond donors (Lipinski definition) is 0. The minimum Gasteiger partial charge on any atom is -0.338 e. The maximum atomic E-state index is 12.3. The molecule has 0 N–H and O–H groups in total. The summed E-state index contributed by atoms with van der Waals surface area (Å²) in [7, 11) is 0. The summed E-state index contributed by atoms with van der Waals surface area (Å²) in [5.74, 6) is 0.953. The van der Waals surface area contributed by atoms with Crippen molar-refractivity contribution in [3.63, 3.8) is 0 Å². The van der Waals surface area contributed by atoms with E-state index in [1.54, 1.807) is 23.1 Å². The first-order valence-corrected chi connectivity index (χ1v) is 9.12. The molecule has 5 heteroatoms. The van der Waals surface area contributed by atoms with Gasteiger partial charge in [0.15, 0.2) is 0 Å². The van der Waals surface area contributed by atoms with Crippen LogP contribution < -0.4 is 0 Å². The Morgan fingerprint density at radius 3 is 2.76 bits per heavy atom. The Morgan fingerprint density at radius 2 is 2.10 bits per heavy atom. The van der Waals surface area contributed by atoms with Crippen LogP contribution in [0.1, 0.15) is 18.2 Å². The Kier molecular flexibility index (Phi) is 6.61. The van der Waals surface area contributed by atoms with Crippen molar-refractivity contribution in [2.45, 2.75) is 24.8 Å². The summed E-state index contributed by atoms with van der Waals surface area (Å²) < 4.78 is 0. The second-order valence-corrected chi connectivity index (χ2v) is 7.09. The van der Waals surface area contributed by atoms with Crippen LogP contribution in [-0.2, 0) is 11.3 Å². The average Bonchev–Trinajstić information content (AvgIpc) is 2.99. The van der Waals surface area contributed by atoms with Gasteiger partial charge < -0.3 is 4.90 Å². The van der Waals surface area contributed by atoms with Crippen molar-refractivity contribution in [2.24, 2.45) is 0 Å². The maximum absolute atomic E-state index is 12.3. The van der Waals surface area contributed by atoms with E-state index in [4.69, 9.17) is 11.6 Å². The summed E-state index contributed by atoms with van der Waals surface area (Å²) in [6.07, 6.45) is 0.537. The maximum Gasteiger partial charge on any atom is 0.223 e. The Hall–Kier alpha value is -0.970. The molecule has 0 atom stereocenters. The number of carbonyl (C=O) groups is 1. The third-order valence-corrected chi connectivity index (χ3v) is 5.45. The standard InChI is InChI=1S/C16H18ClNOS2/c1-2-18(12-13-6-5-10-20-13)16(19)9-11-21-15-8-4-3-7-14(15)17/h3-8,10H,2,9,11-12H2,1H3. The summed E-state index contributed by atoms with van der Waals surface area (Å²) in [5.41, 5.74) is 0. The Bertz CT molecular complexity index is 571. The second kappa shape index (κ2) is 8.47. The molecule has 2 nitrogen and oxygen atoms in total. The van der Waals surface area contributed by atoms with Crippen LogP contribution in [0, 0.1) is 0 Å². The van der Waals surface area contributed by atoms with E-state index in [0.717, 1.165) is 22.2 Å². The van der Waals surface area contributed by atoms with Gasteiger partial charge in [-0.2, -0.15) is 0 Å². The zero-order valence-electron chi connectivity index (χ0n) is 11.9. The quantitative estimate of drug-likeness (QED) is 0.666. The van der Waals surface area contributed by atoms with Gasteiger partial charge in [0.2, 0.25) is 5.91 Å². The first-order valence-electron chi connectivity index (χ1n) is 6.88. The van der Waals surface area contributed by atoms with Crippen LogP contribution in [0.15, 0.2) is 46.7 Å². The molecule has 0 radical (unpaired) electrons. The van der Waals surface area contributed by atoms with Gasteiger partial charge in [-0.15, -0.1) is 23.1 Å². The van der Waals surface area contributed by atoms with Crippen LogP contribution >= 0.6 is 34.7 Å². The summed E-state index contributed by atoms with van der Waals surface area (Å²) >= 11 is 9.43. The zero-order chi connectivity index (χ0) is 15.1. The van der Waals surface area contributed by atoms with E-state index in [9.17, 15) is 4.79 Å². The summed E-state index contributed by atoms with van der Waals surface area (Å²) in [6.45, 7) is 3.48. The van der Waals surface area contributed by atoms with Crippen molar-refractivity contribution in [2.75, 3.05) is 12.3 Å². The smallest absolute Gasteiger partial charge is 0.223 e. The van der Waals surface area contributed by atoms with Crippen molar-refractivity contribution < 1.29 is 4.79 Å².